The fraction of sp³-hybridized carbons (Fsp3) is 0.227. The monoisotopic (exact) mass is 390 g/mol. The molecule has 1 unspecified atom stereocenters. The van der Waals surface area contributed by atoms with Crippen LogP contribution in [0.15, 0.2) is 84.1 Å². The second kappa shape index (κ2) is 8.89. The quantitative estimate of drug-likeness (QED) is 0.622. The van der Waals surface area contributed by atoms with Gasteiger partial charge in [0.15, 0.2) is 0 Å². The maximum absolute atomic E-state index is 13.4. The van der Waals surface area contributed by atoms with Gasteiger partial charge in [-0.25, -0.2) is 4.98 Å². The summed E-state index contributed by atoms with van der Waals surface area (Å²) in [5.74, 6) is 1.03. The van der Waals surface area contributed by atoms with Gasteiger partial charge in [0.25, 0.3) is 0 Å². The molecule has 0 radical (unpaired) electrons. The first-order chi connectivity index (χ1) is 13.8. The zero-order valence-corrected chi connectivity index (χ0v) is 16.3. The Morgan fingerprint density at radius 2 is 1.57 bits per heavy atom. The molecule has 2 heterocycles. The van der Waals surface area contributed by atoms with Gasteiger partial charge in [0.1, 0.15) is 11.1 Å². The number of hydrogen-bond acceptors (Lipinski definition) is 5. The van der Waals surface area contributed by atoms with Gasteiger partial charge in [-0.05, 0) is 17.7 Å². The number of aromatic nitrogens is 2. The first-order valence-corrected chi connectivity index (χ1v) is 10.3. The molecule has 4 rings (SSSR count). The topological polar surface area (TPSA) is 49.3 Å². The summed E-state index contributed by atoms with van der Waals surface area (Å²) >= 11 is 1.61. The molecule has 1 amide bonds. The van der Waals surface area contributed by atoms with Gasteiger partial charge < -0.3 is 9.80 Å². The van der Waals surface area contributed by atoms with Crippen LogP contribution in [0.5, 0.6) is 0 Å². The first-order valence-electron chi connectivity index (χ1n) is 9.38. The third-order valence-electron chi connectivity index (χ3n) is 4.79. The van der Waals surface area contributed by atoms with Crippen molar-refractivity contribution in [2.24, 2.45) is 0 Å². The molecular formula is C22H22N4OS. The number of benzene rings is 2. The number of hydrogen-bond donors (Lipinski definition) is 0. The lowest BCUT2D eigenvalue weighted by atomic mass is 10.1. The van der Waals surface area contributed by atoms with Gasteiger partial charge in [0.05, 0.1) is 6.20 Å². The van der Waals surface area contributed by atoms with Gasteiger partial charge >= 0.3 is 0 Å². The fourth-order valence-corrected chi connectivity index (χ4v) is 4.43. The van der Waals surface area contributed by atoms with Gasteiger partial charge in [-0.15, -0.1) is 11.8 Å². The van der Waals surface area contributed by atoms with E-state index < -0.39 is 0 Å². The Kier molecular flexibility index (Phi) is 5.87. The summed E-state index contributed by atoms with van der Waals surface area (Å²) in [5.41, 5.74) is 1.04. The molecule has 1 fully saturated rings. The van der Waals surface area contributed by atoms with Crippen molar-refractivity contribution in [2.45, 2.75) is 10.1 Å². The second-order valence-corrected chi connectivity index (χ2v) is 7.78. The molecule has 0 spiro atoms. The summed E-state index contributed by atoms with van der Waals surface area (Å²) < 4.78 is 0. The summed E-state index contributed by atoms with van der Waals surface area (Å²) in [5, 5.41) is -0.244. The minimum atomic E-state index is -0.244. The number of anilines is 1. The van der Waals surface area contributed by atoms with Crippen LogP contribution in [0.2, 0.25) is 0 Å². The second-order valence-electron chi connectivity index (χ2n) is 6.60. The van der Waals surface area contributed by atoms with Crippen molar-refractivity contribution in [1.82, 2.24) is 14.9 Å². The molecule has 5 nitrogen and oxygen atoms in total. The zero-order chi connectivity index (χ0) is 19.2. The number of rotatable bonds is 5. The molecule has 0 bridgehead atoms. The third-order valence-corrected chi connectivity index (χ3v) is 6.04. The molecule has 28 heavy (non-hydrogen) atoms. The highest BCUT2D eigenvalue weighted by atomic mass is 32.2. The van der Waals surface area contributed by atoms with Gasteiger partial charge in [-0.2, -0.15) is 0 Å². The van der Waals surface area contributed by atoms with Crippen LogP contribution in [0.25, 0.3) is 0 Å². The Bertz CT molecular complexity index is 884. The smallest absolute Gasteiger partial charge is 0.240 e. The molecule has 142 valence electrons. The Morgan fingerprint density at radius 3 is 2.21 bits per heavy atom. The normalized spacial score (nSPS) is 15.3. The van der Waals surface area contributed by atoms with Gasteiger partial charge in [-0.3, -0.25) is 9.78 Å². The molecule has 1 aliphatic rings. The van der Waals surface area contributed by atoms with Crippen molar-refractivity contribution >= 4 is 23.5 Å². The van der Waals surface area contributed by atoms with Crippen LogP contribution >= 0.6 is 11.8 Å². The molecule has 6 heteroatoms. The molecule has 1 atom stereocenters. The van der Waals surface area contributed by atoms with Crippen molar-refractivity contribution < 1.29 is 4.79 Å². The van der Waals surface area contributed by atoms with E-state index in [1.54, 1.807) is 30.4 Å². The first kappa shape index (κ1) is 18.5. The molecule has 1 aliphatic heterocycles. The van der Waals surface area contributed by atoms with Crippen LogP contribution in [0, 0.1) is 0 Å². The lowest BCUT2D eigenvalue weighted by Gasteiger charge is -2.36. The molecule has 1 aromatic heterocycles. The van der Waals surface area contributed by atoms with Crippen LogP contribution in [0.3, 0.4) is 0 Å². The summed E-state index contributed by atoms with van der Waals surface area (Å²) in [6, 6.07) is 20.2. The standard InChI is InChI=1S/C22H22N4OS/c27-22(26-15-13-25(14-16-26)20-17-23-11-12-24-20)21(18-7-3-1-4-8-18)28-19-9-5-2-6-10-19/h1-12,17,21H,13-16H2. The summed E-state index contributed by atoms with van der Waals surface area (Å²) in [6.45, 7) is 2.91. The minimum absolute atomic E-state index is 0.166. The Morgan fingerprint density at radius 1 is 0.893 bits per heavy atom. The number of nitrogens with zero attached hydrogens (tertiary/aromatic N) is 4. The lowest BCUT2D eigenvalue weighted by Crippen LogP contribution is -2.50. The average Bonchev–Trinajstić information content (AvgIpc) is 2.79. The van der Waals surface area contributed by atoms with E-state index in [4.69, 9.17) is 0 Å². The number of thioether (sulfide) groups is 1. The minimum Gasteiger partial charge on any atom is -0.352 e. The summed E-state index contributed by atoms with van der Waals surface area (Å²) in [7, 11) is 0. The van der Waals surface area contributed by atoms with E-state index >= 15 is 0 Å². The van der Waals surface area contributed by atoms with Gasteiger partial charge in [0, 0.05) is 43.5 Å². The Balaban J connectivity index is 1.48. The fourth-order valence-electron chi connectivity index (χ4n) is 3.30. The number of carbonyl (C=O) groups excluding carboxylic acids is 1. The highest BCUT2D eigenvalue weighted by Gasteiger charge is 2.29. The highest BCUT2D eigenvalue weighted by molar-refractivity contribution is 8.00. The van der Waals surface area contributed by atoms with Crippen molar-refractivity contribution in [2.75, 3.05) is 31.1 Å². The predicted molar refractivity (Wildman–Crippen MR) is 112 cm³/mol. The summed E-state index contributed by atoms with van der Waals surface area (Å²) in [6.07, 6.45) is 5.15. The Hall–Kier alpha value is -2.86. The van der Waals surface area contributed by atoms with E-state index in [9.17, 15) is 4.79 Å². The molecular weight excluding hydrogens is 368 g/mol. The van der Waals surface area contributed by atoms with Crippen LogP contribution in [0.1, 0.15) is 10.8 Å². The molecule has 0 saturated carbocycles. The lowest BCUT2D eigenvalue weighted by molar-refractivity contribution is -0.131. The SMILES string of the molecule is O=C(C(Sc1ccccc1)c1ccccc1)N1CCN(c2cnccn2)CC1. The van der Waals surface area contributed by atoms with E-state index in [2.05, 4.69) is 27.0 Å². The molecule has 0 N–H and O–H groups in total. The average molecular weight is 391 g/mol. The van der Waals surface area contributed by atoms with Crippen LogP contribution in [0.4, 0.5) is 5.82 Å². The summed E-state index contributed by atoms with van der Waals surface area (Å²) in [4.78, 5) is 27.2. The van der Waals surface area contributed by atoms with Crippen molar-refractivity contribution in [3.63, 3.8) is 0 Å². The van der Waals surface area contributed by atoms with Gasteiger partial charge in [-0.1, -0.05) is 48.5 Å². The zero-order valence-electron chi connectivity index (χ0n) is 15.5. The van der Waals surface area contributed by atoms with Crippen molar-refractivity contribution in [3.05, 3.63) is 84.8 Å². The van der Waals surface area contributed by atoms with Crippen LogP contribution in [-0.4, -0.2) is 47.0 Å². The largest absolute Gasteiger partial charge is 0.352 e. The highest BCUT2D eigenvalue weighted by Crippen LogP contribution is 2.36. The van der Waals surface area contributed by atoms with Crippen LogP contribution in [-0.2, 0) is 4.79 Å². The predicted octanol–water partition coefficient (Wildman–Crippen LogP) is 3.66. The maximum Gasteiger partial charge on any atom is 0.240 e. The van der Waals surface area contributed by atoms with E-state index in [0.717, 1.165) is 29.4 Å². The van der Waals surface area contributed by atoms with Crippen LogP contribution < -0.4 is 4.90 Å². The van der Waals surface area contributed by atoms with E-state index in [1.807, 2.05) is 53.4 Å². The van der Waals surface area contributed by atoms with Crippen molar-refractivity contribution in [1.29, 1.82) is 0 Å². The number of piperazine rings is 1. The molecule has 2 aromatic carbocycles. The maximum atomic E-state index is 13.4. The molecule has 1 saturated heterocycles. The molecule has 3 aromatic rings. The number of carbonyl (C=O) groups is 1. The van der Waals surface area contributed by atoms with E-state index in [0.29, 0.717) is 13.1 Å². The third kappa shape index (κ3) is 4.34. The van der Waals surface area contributed by atoms with E-state index in [-0.39, 0.29) is 11.2 Å². The Labute approximate surface area is 169 Å². The van der Waals surface area contributed by atoms with Gasteiger partial charge in [0.2, 0.25) is 5.91 Å². The molecule has 0 aliphatic carbocycles. The number of amides is 1. The van der Waals surface area contributed by atoms with E-state index in [1.165, 1.54) is 0 Å². The van der Waals surface area contributed by atoms with Crippen molar-refractivity contribution in [3.8, 4) is 0 Å².